The van der Waals surface area contributed by atoms with E-state index in [9.17, 15) is 9.59 Å². The molecule has 136 valence electrons. The molecule has 0 saturated carbocycles. The number of hydrogen-bond acceptors (Lipinski definition) is 2. The van der Waals surface area contributed by atoms with Gasteiger partial charge in [-0.1, -0.05) is 19.9 Å². The van der Waals surface area contributed by atoms with E-state index >= 15 is 0 Å². The molecule has 1 aromatic carbocycles. The quantitative estimate of drug-likeness (QED) is 0.776. The summed E-state index contributed by atoms with van der Waals surface area (Å²) < 4.78 is 3.48. The van der Waals surface area contributed by atoms with Crippen LogP contribution in [0.15, 0.2) is 41.3 Å². The third-order valence-corrected chi connectivity index (χ3v) is 4.74. The van der Waals surface area contributed by atoms with E-state index in [4.69, 9.17) is 0 Å². The molecule has 1 amide bonds. The standard InChI is InChI=1S/C21H25N3O2/c1-13(2)12-24-9-8-18-17(21(24)26)11-19(23(18)5)20(25)22-16-7-6-14(3)15(4)10-16/h6-11,13H,12H2,1-5H3,(H,22,25). The molecule has 0 unspecified atom stereocenters. The molecule has 0 fully saturated rings. The largest absolute Gasteiger partial charge is 0.339 e. The summed E-state index contributed by atoms with van der Waals surface area (Å²) in [6.45, 7) is 8.86. The lowest BCUT2D eigenvalue weighted by molar-refractivity contribution is 0.102. The van der Waals surface area contributed by atoms with Gasteiger partial charge in [-0.3, -0.25) is 9.59 Å². The number of benzene rings is 1. The van der Waals surface area contributed by atoms with Gasteiger partial charge in [0.2, 0.25) is 0 Å². The number of aromatic nitrogens is 2. The van der Waals surface area contributed by atoms with Gasteiger partial charge >= 0.3 is 0 Å². The molecule has 1 N–H and O–H groups in total. The fourth-order valence-corrected chi connectivity index (χ4v) is 3.14. The molecular formula is C21H25N3O2. The number of fused-ring (bicyclic) bond motifs is 1. The average Bonchev–Trinajstić information content (AvgIpc) is 2.91. The maximum absolute atomic E-state index is 12.7. The number of anilines is 1. The Labute approximate surface area is 153 Å². The van der Waals surface area contributed by atoms with Crippen molar-refractivity contribution in [1.82, 2.24) is 9.13 Å². The van der Waals surface area contributed by atoms with Gasteiger partial charge in [-0.05, 0) is 55.2 Å². The Morgan fingerprint density at radius 1 is 1.12 bits per heavy atom. The summed E-state index contributed by atoms with van der Waals surface area (Å²) in [5.74, 6) is 0.156. The summed E-state index contributed by atoms with van der Waals surface area (Å²) >= 11 is 0. The van der Waals surface area contributed by atoms with Crippen LogP contribution < -0.4 is 10.9 Å². The number of pyridine rings is 1. The van der Waals surface area contributed by atoms with Crippen LogP contribution in [-0.2, 0) is 13.6 Å². The van der Waals surface area contributed by atoms with Crippen molar-refractivity contribution in [2.24, 2.45) is 13.0 Å². The van der Waals surface area contributed by atoms with Crippen LogP contribution in [0.1, 0.15) is 35.5 Å². The van der Waals surface area contributed by atoms with Crippen LogP contribution in [0.4, 0.5) is 5.69 Å². The van der Waals surface area contributed by atoms with Crippen LogP contribution in [0.2, 0.25) is 0 Å². The fourth-order valence-electron chi connectivity index (χ4n) is 3.14. The van der Waals surface area contributed by atoms with Crippen molar-refractivity contribution in [2.75, 3.05) is 5.32 Å². The highest BCUT2D eigenvalue weighted by atomic mass is 16.2. The number of nitrogens with zero attached hydrogens (tertiary/aromatic N) is 2. The first kappa shape index (κ1) is 18.0. The molecule has 26 heavy (non-hydrogen) atoms. The van der Waals surface area contributed by atoms with Crippen molar-refractivity contribution in [3.63, 3.8) is 0 Å². The van der Waals surface area contributed by atoms with Crippen LogP contribution in [0.5, 0.6) is 0 Å². The molecule has 5 heteroatoms. The van der Waals surface area contributed by atoms with E-state index in [2.05, 4.69) is 19.2 Å². The average molecular weight is 351 g/mol. The maximum atomic E-state index is 12.7. The highest BCUT2D eigenvalue weighted by Crippen LogP contribution is 2.19. The van der Waals surface area contributed by atoms with Gasteiger partial charge in [0, 0.05) is 25.5 Å². The Kier molecular flexibility index (Phi) is 4.72. The molecular weight excluding hydrogens is 326 g/mol. The lowest BCUT2D eigenvalue weighted by atomic mass is 10.1. The lowest BCUT2D eigenvalue weighted by Crippen LogP contribution is -2.21. The molecule has 0 aliphatic heterocycles. The molecule has 0 atom stereocenters. The van der Waals surface area contributed by atoms with Crippen LogP contribution in [0.25, 0.3) is 10.9 Å². The first-order valence-electron chi connectivity index (χ1n) is 8.85. The predicted molar refractivity (Wildman–Crippen MR) is 106 cm³/mol. The molecule has 0 saturated heterocycles. The summed E-state index contributed by atoms with van der Waals surface area (Å²) in [5.41, 5.74) is 4.23. The van der Waals surface area contributed by atoms with Gasteiger partial charge in [0.25, 0.3) is 11.5 Å². The van der Waals surface area contributed by atoms with E-state index in [1.54, 1.807) is 21.4 Å². The predicted octanol–water partition coefficient (Wildman–Crippen LogP) is 3.87. The zero-order chi connectivity index (χ0) is 19.0. The van der Waals surface area contributed by atoms with E-state index in [0.717, 1.165) is 16.8 Å². The van der Waals surface area contributed by atoms with Crippen LogP contribution in [0.3, 0.4) is 0 Å². The zero-order valence-electron chi connectivity index (χ0n) is 16.0. The second kappa shape index (κ2) is 6.83. The molecule has 2 heterocycles. The smallest absolute Gasteiger partial charge is 0.272 e. The number of rotatable bonds is 4. The molecule has 2 aromatic heterocycles. The van der Waals surface area contributed by atoms with Crippen molar-refractivity contribution in [1.29, 1.82) is 0 Å². The first-order valence-corrected chi connectivity index (χ1v) is 8.85. The Morgan fingerprint density at radius 3 is 2.50 bits per heavy atom. The van der Waals surface area contributed by atoms with Crippen molar-refractivity contribution in [3.05, 3.63) is 63.7 Å². The highest BCUT2D eigenvalue weighted by Gasteiger charge is 2.16. The van der Waals surface area contributed by atoms with E-state index in [0.29, 0.717) is 23.5 Å². The Bertz CT molecular complexity index is 1040. The van der Waals surface area contributed by atoms with Gasteiger partial charge in [0.1, 0.15) is 5.69 Å². The molecule has 0 spiro atoms. The first-order chi connectivity index (χ1) is 12.3. The monoisotopic (exact) mass is 351 g/mol. The minimum Gasteiger partial charge on any atom is -0.339 e. The summed E-state index contributed by atoms with van der Waals surface area (Å²) in [6.07, 6.45) is 1.80. The zero-order valence-corrected chi connectivity index (χ0v) is 16.0. The normalized spacial score (nSPS) is 11.3. The van der Waals surface area contributed by atoms with Gasteiger partial charge in [0.15, 0.2) is 0 Å². The molecule has 0 aliphatic rings. The lowest BCUT2D eigenvalue weighted by Gasteiger charge is -2.09. The second-order valence-electron chi connectivity index (χ2n) is 7.31. The number of carbonyl (C=O) groups excluding carboxylic acids is 1. The van der Waals surface area contributed by atoms with Crippen molar-refractivity contribution < 1.29 is 4.79 Å². The maximum Gasteiger partial charge on any atom is 0.272 e. The number of nitrogens with one attached hydrogen (secondary N) is 1. The highest BCUT2D eigenvalue weighted by molar-refractivity contribution is 6.06. The van der Waals surface area contributed by atoms with E-state index in [-0.39, 0.29) is 11.5 Å². The molecule has 5 nitrogen and oxygen atoms in total. The van der Waals surface area contributed by atoms with Gasteiger partial charge in [-0.2, -0.15) is 0 Å². The molecule has 0 bridgehead atoms. The van der Waals surface area contributed by atoms with Crippen LogP contribution >= 0.6 is 0 Å². The second-order valence-corrected chi connectivity index (χ2v) is 7.31. The third-order valence-electron chi connectivity index (χ3n) is 4.74. The topological polar surface area (TPSA) is 56.0 Å². The number of carbonyl (C=O) groups is 1. The molecule has 0 aliphatic carbocycles. The Morgan fingerprint density at radius 2 is 1.85 bits per heavy atom. The SMILES string of the molecule is Cc1ccc(NC(=O)c2cc3c(=O)n(CC(C)C)ccc3n2C)cc1C. The molecule has 0 radical (unpaired) electrons. The van der Waals surface area contributed by atoms with Crippen molar-refractivity contribution in [2.45, 2.75) is 34.2 Å². The van der Waals surface area contributed by atoms with Crippen LogP contribution in [0, 0.1) is 19.8 Å². The summed E-state index contributed by atoms with van der Waals surface area (Å²) in [6, 6.07) is 9.40. The third kappa shape index (κ3) is 3.29. The number of aryl methyl sites for hydroxylation is 3. The molecule has 3 aromatic rings. The minimum absolute atomic E-state index is 0.0583. The van der Waals surface area contributed by atoms with Gasteiger partial charge < -0.3 is 14.5 Å². The van der Waals surface area contributed by atoms with Crippen LogP contribution in [-0.4, -0.2) is 15.0 Å². The summed E-state index contributed by atoms with van der Waals surface area (Å²) in [4.78, 5) is 25.4. The minimum atomic E-state index is -0.221. The molecule has 3 rings (SSSR count). The van der Waals surface area contributed by atoms with Crippen molar-refractivity contribution in [3.8, 4) is 0 Å². The van der Waals surface area contributed by atoms with Crippen molar-refractivity contribution >= 4 is 22.5 Å². The van der Waals surface area contributed by atoms with E-state index in [1.807, 2.05) is 45.2 Å². The van der Waals surface area contributed by atoms with E-state index < -0.39 is 0 Å². The van der Waals surface area contributed by atoms with E-state index in [1.165, 1.54) is 5.56 Å². The van der Waals surface area contributed by atoms with Gasteiger partial charge in [-0.15, -0.1) is 0 Å². The van der Waals surface area contributed by atoms with Gasteiger partial charge in [0.05, 0.1) is 10.9 Å². The summed E-state index contributed by atoms with van der Waals surface area (Å²) in [7, 11) is 1.81. The van der Waals surface area contributed by atoms with Gasteiger partial charge in [-0.25, -0.2) is 0 Å². The fraction of sp³-hybridized carbons (Fsp3) is 0.333. The Balaban J connectivity index is 1.98. The number of amides is 1. The summed E-state index contributed by atoms with van der Waals surface area (Å²) in [5, 5.41) is 3.50. The number of hydrogen-bond donors (Lipinski definition) is 1. The Hall–Kier alpha value is -2.82.